The Morgan fingerprint density at radius 1 is 1.33 bits per heavy atom. The minimum atomic E-state index is -3.42. The molecule has 0 aliphatic carbocycles. The molecular weight excluding hydrogens is 218 g/mol. The van der Waals surface area contributed by atoms with Crippen molar-refractivity contribution in [2.75, 3.05) is 12.3 Å². The van der Waals surface area contributed by atoms with Crippen molar-refractivity contribution in [2.24, 2.45) is 5.92 Å². The highest BCUT2D eigenvalue weighted by Crippen LogP contribution is 2.06. The summed E-state index contributed by atoms with van der Waals surface area (Å²) in [4.78, 5) is 10.2. The Balaban J connectivity index is 3.98. The first-order valence-electron chi connectivity index (χ1n) is 5.10. The average molecular weight is 237 g/mol. The Hall–Kier alpha value is -0.620. The van der Waals surface area contributed by atoms with E-state index in [1.807, 2.05) is 13.8 Å². The maximum absolute atomic E-state index is 11.3. The van der Waals surface area contributed by atoms with Crippen molar-refractivity contribution < 1.29 is 18.3 Å². The second-order valence-electron chi connectivity index (χ2n) is 3.49. The summed E-state index contributed by atoms with van der Waals surface area (Å²) >= 11 is 0. The second-order valence-corrected chi connectivity index (χ2v) is 5.42. The fourth-order valence-electron chi connectivity index (χ4n) is 1.12. The van der Waals surface area contributed by atoms with Crippen LogP contribution in [0.25, 0.3) is 0 Å². The highest BCUT2D eigenvalue weighted by Gasteiger charge is 2.14. The largest absolute Gasteiger partial charge is 0.481 e. The van der Waals surface area contributed by atoms with Crippen molar-refractivity contribution in [3.8, 4) is 0 Å². The molecule has 15 heavy (non-hydrogen) atoms. The molecule has 0 amide bonds. The molecule has 0 spiro atoms. The number of hydrogen-bond acceptors (Lipinski definition) is 3. The first kappa shape index (κ1) is 14.4. The number of sulfonamides is 1. The smallest absolute Gasteiger partial charge is 0.304 e. The zero-order valence-electron chi connectivity index (χ0n) is 9.19. The van der Waals surface area contributed by atoms with E-state index in [2.05, 4.69) is 4.72 Å². The molecule has 0 aliphatic heterocycles. The summed E-state index contributed by atoms with van der Waals surface area (Å²) in [5.74, 6) is -1.12. The minimum absolute atomic E-state index is 0.324. The highest BCUT2D eigenvalue weighted by molar-refractivity contribution is 7.89. The molecule has 0 rings (SSSR count). The zero-order chi connectivity index (χ0) is 11.9. The van der Waals surface area contributed by atoms with Crippen molar-refractivity contribution in [3.05, 3.63) is 0 Å². The van der Waals surface area contributed by atoms with Crippen molar-refractivity contribution in [1.29, 1.82) is 0 Å². The Morgan fingerprint density at radius 2 is 1.87 bits per heavy atom. The van der Waals surface area contributed by atoms with Gasteiger partial charge >= 0.3 is 5.97 Å². The van der Waals surface area contributed by atoms with Gasteiger partial charge in [-0.15, -0.1) is 0 Å². The van der Waals surface area contributed by atoms with E-state index in [9.17, 15) is 13.2 Å². The van der Waals surface area contributed by atoms with E-state index in [0.29, 0.717) is 12.5 Å². The van der Waals surface area contributed by atoms with Gasteiger partial charge in [-0.2, -0.15) is 0 Å². The molecule has 5 nitrogen and oxygen atoms in total. The maximum Gasteiger partial charge on any atom is 0.304 e. The van der Waals surface area contributed by atoms with Crippen LogP contribution in [0, 0.1) is 5.92 Å². The van der Waals surface area contributed by atoms with Gasteiger partial charge in [-0.25, -0.2) is 13.1 Å². The van der Waals surface area contributed by atoms with Crippen LogP contribution in [-0.2, 0) is 14.8 Å². The number of aliphatic carboxylic acids is 1. The first-order chi connectivity index (χ1) is 6.91. The molecule has 0 fully saturated rings. The maximum atomic E-state index is 11.3. The van der Waals surface area contributed by atoms with Gasteiger partial charge in [0.15, 0.2) is 0 Å². The Bertz CT molecular complexity index is 282. The lowest BCUT2D eigenvalue weighted by molar-refractivity contribution is -0.136. The van der Waals surface area contributed by atoms with Gasteiger partial charge in [0.2, 0.25) is 10.0 Å². The summed E-state index contributed by atoms with van der Waals surface area (Å²) < 4.78 is 25.0. The van der Waals surface area contributed by atoms with E-state index in [1.165, 1.54) is 0 Å². The molecule has 2 N–H and O–H groups in total. The Morgan fingerprint density at radius 3 is 2.27 bits per heavy atom. The van der Waals surface area contributed by atoms with Gasteiger partial charge in [-0.1, -0.05) is 26.7 Å². The summed E-state index contributed by atoms with van der Waals surface area (Å²) in [6.45, 7) is 4.40. The van der Waals surface area contributed by atoms with Crippen LogP contribution in [-0.4, -0.2) is 31.8 Å². The van der Waals surface area contributed by atoms with Crippen LogP contribution in [0.3, 0.4) is 0 Å². The molecule has 0 saturated carbocycles. The van der Waals surface area contributed by atoms with E-state index in [1.54, 1.807) is 0 Å². The summed E-state index contributed by atoms with van der Waals surface area (Å²) in [5, 5.41) is 8.35. The van der Waals surface area contributed by atoms with Crippen LogP contribution in [0.15, 0.2) is 0 Å². The molecule has 0 bridgehead atoms. The molecular formula is C9H19NO4S. The molecule has 0 unspecified atom stereocenters. The Labute approximate surface area is 90.9 Å². The second kappa shape index (κ2) is 6.79. The van der Waals surface area contributed by atoms with Crippen molar-refractivity contribution >= 4 is 16.0 Å². The summed E-state index contributed by atoms with van der Waals surface area (Å²) in [7, 11) is -3.42. The van der Waals surface area contributed by atoms with E-state index < -0.39 is 16.0 Å². The molecule has 0 atom stereocenters. The minimum Gasteiger partial charge on any atom is -0.481 e. The normalized spacial score (nSPS) is 11.9. The van der Waals surface area contributed by atoms with Gasteiger partial charge in [0.1, 0.15) is 0 Å². The monoisotopic (exact) mass is 237 g/mol. The van der Waals surface area contributed by atoms with Crippen LogP contribution in [0.2, 0.25) is 0 Å². The molecule has 6 heteroatoms. The van der Waals surface area contributed by atoms with Crippen LogP contribution < -0.4 is 4.72 Å². The molecule has 0 aromatic heterocycles. The van der Waals surface area contributed by atoms with E-state index >= 15 is 0 Å². The quantitative estimate of drug-likeness (QED) is 0.654. The summed E-state index contributed by atoms with van der Waals surface area (Å²) in [6, 6.07) is 0. The van der Waals surface area contributed by atoms with Crippen LogP contribution in [0.1, 0.15) is 33.1 Å². The van der Waals surface area contributed by atoms with Gasteiger partial charge in [0, 0.05) is 6.54 Å². The highest BCUT2D eigenvalue weighted by atomic mass is 32.2. The van der Waals surface area contributed by atoms with E-state index in [-0.39, 0.29) is 12.2 Å². The van der Waals surface area contributed by atoms with Gasteiger partial charge in [0.25, 0.3) is 0 Å². The predicted octanol–water partition coefficient (Wildman–Crippen LogP) is 0.817. The van der Waals surface area contributed by atoms with Crippen LogP contribution in [0.5, 0.6) is 0 Å². The lowest BCUT2D eigenvalue weighted by Crippen LogP contribution is -2.31. The third-order valence-corrected chi connectivity index (χ3v) is 3.68. The summed E-state index contributed by atoms with van der Waals surface area (Å²) in [6.07, 6.45) is 1.48. The third kappa shape index (κ3) is 7.33. The topological polar surface area (TPSA) is 83.5 Å². The lowest BCUT2D eigenvalue weighted by Gasteiger charge is -2.12. The van der Waals surface area contributed by atoms with Gasteiger partial charge < -0.3 is 5.11 Å². The number of rotatable bonds is 8. The number of hydrogen-bond donors (Lipinski definition) is 2. The number of carboxylic acids is 1. The third-order valence-electron chi connectivity index (χ3n) is 2.33. The van der Waals surface area contributed by atoms with Crippen molar-refractivity contribution in [2.45, 2.75) is 33.1 Å². The predicted molar refractivity (Wildman–Crippen MR) is 58.1 cm³/mol. The summed E-state index contributed by atoms with van der Waals surface area (Å²) in [5.41, 5.74) is 0. The van der Waals surface area contributed by atoms with E-state index in [4.69, 9.17) is 5.11 Å². The molecule has 90 valence electrons. The zero-order valence-corrected chi connectivity index (χ0v) is 10.0. The molecule has 0 radical (unpaired) electrons. The lowest BCUT2D eigenvalue weighted by atomic mass is 10.0. The molecule has 0 saturated heterocycles. The van der Waals surface area contributed by atoms with Gasteiger partial charge in [0.05, 0.1) is 12.2 Å². The Kier molecular flexibility index (Phi) is 6.51. The first-order valence-corrected chi connectivity index (χ1v) is 6.75. The average Bonchev–Trinajstić information content (AvgIpc) is 2.17. The van der Waals surface area contributed by atoms with Crippen LogP contribution in [0.4, 0.5) is 0 Å². The number of carboxylic acid groups (broad SMARTS) is 1. The van der Waals surface area contributed by atoms with Crippen LogP contribution >= 0.6 is 0 Å². The number of nitrogens with one attached hydrogen (secondary N) is 1. The van der Waals surface area contributed by atoms with E-state index in [0.717, 1.165) is 12.8 Å². The number of carbonyl (C=O) groups is 1. The van der Waals surface area contributed by atoms with Gasteiger partial charge in [-0.3, -0.25) is 4.79 Å². The SMILES string of the molecule is CCC(CC)CNS(=O)(=O)CCC(=O)O. The fourth-order valence-corrected chi connectivity index (χ4v) is 2.19. The van der Waals surface area contributed by atoms with Crippen molar-refractivity contribution in [1.82, 2.24) is 4.72 Å². The molecule has 0 aliphatic rings. The molecule has 0 aromatic rings. The van der Waals surface area contributed by atoms with Crippen molar-refractivity contribution in [3.63, 3.8) is 0 Å². The standard InChI is InChI=1S/C9H19NO4S/c1-3-8(4-2)7-10-15(13,14)6-5-9(11)12/h8,10H,3-7H2,1-2H3,(H,11,12). The molecule has 0 aromatic carbocycles. The fraction of sp³-hybridized carbons (Fsp3) is 0.889. The molecule has 0 heterocycles. The van der Waals surface area contributed by atoms with Gasteiger partial charge in [-0.05, 0) is 5.92 Å².